The van der Waals surface area contributed by atoms with Gasteiger partial charge in [0, 0.05) is 51.2 Å². The summed E-state index contributed by atoms with van der Waals surface area (Å²) >= 11 is 0. The van der Waals surface area contributed by atoms with Crippen LogP contribution in [0.4, 0.5) is 8.78 Å². The summed E-state index contributed by atoms with van der Waals surface area (Å²) in [7, 11) is 2.37. The van der Waals surface area contributed by atoms with E-state index in [-0.39, 0.29) is 54.0 Å². The number of hydrogen-bond acceptors (Lipinski definition) is 7. The SMILES string of the molecule is CCN1C(C)CN2C(=O)c3c(OCOC)c(=O)c(C(=O)NCc4ccc(F)cc4F)cn3CC21.CO. The molecule has 2 aromatic rings. The van der Waals surface area contributed by atoms with E-state index in [0.717, 1.165) is 19.7 Å². The summed E-state index contributed by atoms with van der Waals surface area (Å²) in [5, 5.41) is 9.48. The molecule has 0 aliphatic carbocycles. The van der Waals surface area contributed by atoms with Gasteiger partial charge in [-0.2, -0.15) is 0 Å². The minimum atomic E-state index is -0.813. The van der Waals surface area contributed by atoms with Gasteiger partial charge in [-0.15, -0.1) is 0 Å². The first kappa shape index (κ1) is 27.2. The van der Waals surface area contributed by atoms with Crippen molar-refractivity contribution in [2.24, 2.45) is 0 Å². The lowest BCUT2D eigenvalue weighted by Gasteiger charge is -2.36. The molecule has 1 saturated heterocycles. The maximum Gasteiger partial charge on any atom is 0.275 e. The lowest BCUT2D eigenvalue weighted by molar-refractivity contribution is 0.0392. The highest BCUT2D eigenvalue weighted by molar-refractivity contribution is 5.99. The molecule has 2 amide bonds. The van der Waals surface area contributed by atoms with Crippen LogP contribution in [0.3, 0.4) is 0 Å². The first-order valence-electron chi connectivity index (χ1n) is 11.4. The van der Waals surface area contributed by atoms with E-state index in [1.54, 1.807) is 9.47 Å². The fourth-order valence-electron chi connectivity index (χ4n) is 4.59. The van der Waals surface area contributed by atoms with Crippen LogP contribution in [-0.4, -0.2) is 77.6 Å². The van der Waals surface area contributed by atoms with Crippen molar-refractivity contribution in [3.63, 3.8) is 0 Å². The zero-order valence-electron chi connectivity index (χ0n) is 20.6. The maximum atomic E-state index is 13.9. The molecule has 3 heterocycles. The Morgan fingerprint density at radius 3 is 2.58 bits per heavy atom. The highest BCUT2D eigenvalue weighted by Crippen LogP contribution is 2.31. The number of fused-ring (bicyclic) bond motifs is 2. The van der Waals surface area contributed by atoms with E-state index in [1.807, 2.05) is 13.8 Å². The summed E-state index contributed by atoms with van der Waals surface area (Å²) in [5.41, 5.74) is -0.905. The average molecular weight is 509 g/mol. The molecule has 36 heavy (non-hydrogen) atoms. The van der Waals surface area contributed by atoms with Crippen molar-refractivity contribution in [3.8, 4) is 5.75 Å². The Morgan fingerprint density at radius 1 is 1.22 bits per heavy atom. The smallest absolute Gasteiger partial charge is 0.275 e. The van der Waals surface area contributed by atoms with Gasteiger partial charge in [-0.25, -0.2) is 8.78 Å². The number of nitrogens with one attached hydrogen (secondary N) is 1. The molecule has 0 spiro atoms. The fourth-order valence-corrected chi connectivity index (χ4v) is 4.59. The number of benzene rings is 1. The normalized spacial score (nSPS) is 18.8. The van der Waals surface area contributed by atoms with Crippen molar-refractivity contribution in [2.75, 3.05) is 34.1 Å². The van der Waals surface area contributed by atoms with E-state index >= 15 is 0 Å². The van der Waals surface area contributed by atoms with Crippen molar-refractivity contribution >= 4 is 11.8 Å². The summed E-state index contributed by atoms with van der Waals surface area (Å²) in [5.74, 6) is -2.95. The summed E-state index contributed by atoms with van der Waals surface area (Å²) < 4.78 is 39.0. The van der Waals surface area contributed by atoms with Crippen LogP contribution in [0.5, 0.6) is 5.75 Å². The van der Waals surface area contributed by atoms with Gasteiger partial charge in [0.2, 0.25) is 5.43 Å². The Kier molecular flexibility index (Phi) is 8.77. The third kappa shape index (κ3) is 5.11. The highest BCUT2D eigenvalue weighted by Gasteiger charge is 2.45. The molecular weight excluding hydrogens is 478 g/mol. The maximum absolute atomic E-state index is 13.9. The molecule has 1 aromatic carbocycles. The molecule has 0 saturated carbocycles. The van der Waals surface area contributed by atoms with Crippen molar-refractivity contribution in [1.29, 1.82) is 0 Å². The number of methoxy groups -OCH3 is 1. The Balaban J connectivity index is 0.00000176. The Hall–Kier alpha value is -3.35. The molecule has 196 valence electrons. The van der Waals surface area contributed by atoms with E-state index in [2.05, 4.69) is 10.2 Å². The number of hydrogen-bond donors (Lipinski definition) is 2. The predicted molar refractivity (Wildman–Crippen MR) is 126 cm³/mol. The van der Waals surface area contributed by atoms with E-state index in [9.17, 15) is 23.2 Å². The summed E-state index contributed by atoms with van der Waals surface area (Å²) in [6.07, 6.45) is 1.11. The van der Waals surface area contributed by atoms with Gasteiger partial charge in [0.05, 0.1) is 6.54 Å². The minimum absolute atomic E-state index is 0.0598. The van der Waals surface area contributed by atoms with Gasteiger partial charge in [-0.3, -0.25) is 19.3 Å². The van der Waals surface area contributed by atoms with Crippen LogP contribution in [-0.2, 0) is 17.8 Å². The molecule has 12 heteroatoms. The molecule has 4 rings (SSSR count). The van der Waals surface area contributed by atoms with Crippen LogP contribution in [0.2, 0.25) is 0 Å². The number of aliphatic hydroxyl groups is 1. The molecule has 1 fully saturated rings. The van der Waals surface area contributed by atoms with Crippen LogP contribution in [0.1, 0.15) is 40.3 Å². The summed E-state index contributed by atoms with van der Waals surface area (Å²) in [4.78, 5) is 43.3. The second-order valence-corrected chi connectivity index (χ2v) is 8.29. The van der Waals surface area contributed by atoms with Crippen molar-refractivity contribution in [3.05, 3.63) is 63.1 Å². The van der Waals surface area contributed by atoms with E-state index in [0.29, 0.717) is 19.2 Å². The molecule has 10 nitrogen and oxygen atoms in total. The molecule has 0 radical (unpaired) electrons. The third-order valence-corrected chi connectivity index (χ3v) is 6.22. The monoisotopic (exact) mass is 508 g/mol. The van der Waals surface area contributed by atoms with Gasteiger partial charge in [0.15, 0.2) is 18.2 Å². The second-order valence-electron chi connectivity index (χ2n) is 8.29. The number of aromatic nitrogens is 1. The molecule has 0 bridgehead atoms. The highest BCUT2D eigenvalue weighted by atomic mass is 19.1. The van der Waals surface area contributed by atoms with Crippen molar-refractivity contribution in [1.82, 2.24) is 19.7 Å². The molecule has 1 aromatic heterocycles. The number of aliphatic hydroxyl groups excluding tert-OH is 1. The Bertz CT molecular complexity index is 1190. The number of halogens is 2. The van der Waals surface area contributed by atoms with Gasteiger partial charge in [-0.05, 0) is 19.5 Å². The van der Waals surface area contributed by atoms with Gasteiger partial charge in [0.25, 0.3) is 11.8 Å². The number of likely N-dealkylation sites (N-methyl/N-ethyl adjacent to an activating group) is 1. The van der Waals surface area contributed by atoms with Crippen LogP contribution in [0.15, 0.2) is 29.2 Å². The van der Waals surface area contributed by atoms with Crippen LogP contribution < -0.4 is 15.5 Å². The van der Waals surface area contributed by atoms with Crippen LogP contribution in [0, 0.1) is 11.6 Å². The van der Waals surface area contributed by atoms with Crippen molar-refractivity contribution < 1.29 is 33.0 Å². The number of amides is 2. The van der Waals surface area contributed by atoms with E-state index < -0.39 is 23.0 Å². The number of carbonyl (C=O) groups is 2. The molecule has 2 aliphatic rings. The van der Waals surface area contributed by atoms with Gasteiger partial charge in [-0.1, -0.05) is 13.0 Å². The molecule has 2 aliphatic heterocycles. The van der Waals surface area contributed by atoms with Gasteiger partial charge < -0.3 is 29.4 Å². The first-order valence-corrected chi connectivity index (χ1v) is 11.4. The van der Waals surface area contributed by atoms with Crippen molar-refractivity contribution in [2.45, 2.75) is 39.1 Å². The molecule has 2 unspecified atom stereocenters. The number of rotatable bonds is 7. The quantitative estimate of drug-likeness (QED) is 0.540. The van der Waals surface area contributed by atoms with Crippen LogP contribution in [0.25, 0.3) is 0 Å². The standard InChI is InChI=1S/C23H26F2N4O5.CH4O/c1-4-28-13(2)9-29-18(28)11-27-10-16(20(30)21(34-12-33-3)19(27)23(29)32)22(31)26-8-14-5-6-15(24)7-17(14)25;1-2/h5-7,10,13,18H,4,8-9,11-12H2,1-3H3,(H,26,31);2H,1H3. The van der Waals surface area contributed by atoms with Crippen LogP contribution >= 0.6 is 0 Å². The fraction of sp³-hybridized carbons (Fsp3) is 0.458. The average Bonchev–Trinajstić information content (AvgIpc) is 3.19. The molecule has 2 atom stereocenters. The topological polar surface area (TPSA) is 113 Å². The first-order chi connectivity index (χ1) is 17.3. The third-order valence-electron chi connectivity index (χ3n) is 6.22. The minimum Gasteiger partial charge on any atom is -0.461 e. The Labute approximate surface area is 207 Å². The molecular formula is C24H30F2N4O6. The number of nitrogens with zero attached hydrogens (tertiary/aromatic N) is 3. The predicted octanol–water partition coefficient (Wildman–Crippen LogP) is 1.15. The lowest BCUT2D eigenvalue weighted by atomic mass is 10.1. The number of ether oxygens (including phenoxy) is 2. The number of pyridine rings is 1. The van der Waals surface area contributed by atoms with E-state index in [4.69, 9.17) is 14.6 Å². The zero-order valence-corrected chi connectivity index (χ0v) is 20.6. The van der Waals surface area contributed by atoms with E-state index in [1.165, 1.54) is 19.4 Å². The Morgan fingerprint density at radius 2 is 1.94 bits per heavy atom. The lowest BCUT2D eigenvalue weighted by Crippen LogP contribution is -2.51. The largest absolute Gasteiger partial charge is 0.461 e. The number of carbonyl (C=O) groups excluding carboxylic acids is 2. The summed E-state index contributed by atoms with van der Waals surface area (Å²) in [6, 6.07) is 3.14. The summed E-state index contributed by atoms with van der Waals surface area (Å²) in [6.45, 7) is 5.08. The van der Waals surface area contributed by atoms with Gasteiger partial charge in [0.1, 0.15) is 23.4 Å². The zero-order chi connectivity index (χ0) is 26.6. The molecule has 2 N–H and O–H groups in total. The second kappa shape index (κ2) is 11.6. The van der Waals surface area contributed by atoms with Gasteiger partial charge >= 0.3 is 0 Å².